The maximum absolute atomic E-state index is 12.3. The van der Waals surface area contributed by atoms with Crippen molar-refractivity contribution in [3.05, 3.63) is 28.7 Å². The number of rotatable bonds is 3. The molecule has 1 aliphatic heterocycles. The molecule has 2 N–H and O–H groups in total. The Labute approximate surface area is 111 Å². The van der Waals surface area contributed by atoms with Gasteiger partial charge in [0.1, 0.15) is 5.75 Å². The number of sulfone groups is 1. The van der Waals surface area contributed by atoms with Crippen LogP contribution in [-0.2, 0) is 14.6 Å². The van der Waals surface area contributed by atoms with Crippen LogP contribution < -0.4 is 0 Å². The van der Waals surface area contributed by atoms with E-state index in [1.807, 2.05) is 0 Å². The highest BCUT2D eigenvalue weighted by Gasteiger charge is 2.37. The van der Waals surface area contributed by atoms with Gasteiger partial charge in [-0.25, -0.2) is 8.42 Å². The summed E-state index contributed by atoms with van der Waals surface area (Å²) < 4.78 is 24.5. The number of hydrogen-bond donors (Lipinski definition) is 2. The van der Waals surface area contributed by atoms with Crippen LogP contribution in [0.4, 0.5) is 0 Å². The Morgan fingerprint density at radius 3 is 2.53 bits per heavy atom. The van der Waals surface area contributed by atoms with Crippen LogP contribution in [0.3, 0.4) is 0 Å². The van der Waals surface area contributed by atoms with Gasteiger partial charge in [-0.3, -0.25) is 4.79 Å². The monoisotopic (exact) mass is 282 g/mol. The molecule has 0 unspecified atom stereocenters. The third-order valence-electron chi connectivity index (χ3n) is 3.14. The van der Waals surface area contributed by atoms with Crippen LogP contribution >= 0.6 is 0 Å². The molecule has 1 aliphatic rings. The zero-order valence-electron chi connectivity index (χ0n) is 10.5. The largest absolute Gasteiger partial charge is 0.508 e. The van der Waals surface area contributed by atoms with Crippen molar-refractivity contribution in [1.29, 1.82) is 0 Å². The Kier molecular flexibility index (Phi) is 2.93. The first-order valence-corrected chi connectivity index (χ1v) is 7.15. The fraction of sp³-hybridized carbons (Fsp3) is 0.308. The Morgan fingerprint density at radius 1 is 1.32 bits per heavy atom. The molecule has 2 rings (SSSR count). The van der Waals surface area contributed by atoms with E-state index >= 15 is 0 Å². The molecule has 1 heterocycles. The molecule has 102 valence electrons. The number of carboxylic acids is 1. The van der Waals surface area contributed by atoms with Crippen molar-refractivity contribution in [2.45, 2.75) is 25.2 Å². The molecule has 0 atom stereocenters. The van der Waals surface area contributed by atoms with Gasteiger partial charge in [0.2, 0.25) is 9.84 Å². The predicted octanol–water partition coefficient (Wildman–Crippen LogP) is 2.02. The highest BCUT2D eigenvalue weighted by Crippen LogP contribution is 2.40. The maximum atomic E-state index is 12.3. The lowest BCUT2D eigenvalue weighted by Crippen LogP contribution is -2.25. The first-order chi connectivity index (χ1) is 8.64. The fourth-order valence-corrected chi connectivity index (χ4v) is 3.75. The van der Waals surface area contributed by atoms with Gasteiger partial charge in [0.05, 0.1) is 15.2 Å². The fourth-order valence-electron chi connectivity index (χ4n) is 1.92. The lowest BCUT2D eigenvalue weighted by Gasteiger charge is -2.19. The summed E-state index contributed by atoms with van der Waals surface area (Å²) in [6, 6.07) is 4.08. The highest BCUT2D eigenvalue weighted by atomic mass is 32.2. The number of phenols is 1. The van der Waals surface area contributed by atoms with E-state index in [1.54, 1.807) is 0 Å². The predicted molar refractivity (Wildman–Crippen MR) is 69.3 cm³/mol. The van der Waals surface area contributed by atoms with Crippen LogP contribution in [0.2, 0.25) is 0 Å². The van der Waals surface area contributed by atoms with Gasteiger partial charge in [-0.15, -0.1) is 0 Å². The summed E-state index contributed by atoms with van der Waals surface area (Å²) >= 11 is 0. The molecule has 0 bridgehead atoms. The van der Waals surface area contributed by atoms with E-state index in [0.717, 1.165) is 0 Å². The minimum atomic E-state index is -3.70. The zero-order valence-corrected chi connectivity index (χ0v) is 11.4. The number of aliphatic carboxylic acids is 1. The molecule has 0 fully saturated rings. The molecule has 0 saturated heterocycles. The minimum Gasteiger partial charge on any atom is -0.508 e. The Morgan fingerprint density at radius 2 is 1.95 bits per heavy atom. The number of allylic oxidation sites excluding steroid dienone is 1. The summed E-state index contributed by atoms with van der Waals surface area (Å²) in [5, 5.41) is 18.4. The molecule has 19 heavy (non-hydrogen) atoms. The average Bonchev–Trinajstić information content (AvgIpc) is 2.51. The van der Waals surface area contributed by atoms with Gasteiger partial charge in [0.25, 0.3) is 0 Å². The van der Waals surface area contributed by atoms with Crippen LogP contribution in [0.15, 0.2) is 28.0 Å². The second-order valence-corrected chi connectivity index (χ2v) is 7.17. The number of phenolic OH excluding ortho intramolecular Hbond substituents is 1. The topological polar surface area (TPSA) is 91.7 Å². The quantitative estimate of drug-likeness (QED) is 0.885. The Bertz CT molecular complexity index is 683. The van der Waals surface area contributed by atoms with Crippen LogP contribution in [0, 0.1) is 5.41 Å². The molecule has 1 aromatic rings. The van der Waals surface area contributed by atoms with Crippen molar-refractivity contribution < 1.29 is 23.4 Å². The molecule has 0 saturated carbocycles. The highest BCUT2D eigenvalue weighted by molar-refractivity contribution is 7.95. The standard InChI is InChI=1S/C13H14O5S/c1-13(2,12(15)16)7-10-5-8-3-4-9(14)6-11(8)19(10,17)18/h3-6,14H,7H2,1-2H3,(H,15,16). The summed E-state index contributed by atoms with van der Waals surface area (Å²) in [4.78, 5) is 11.2. The van der Waals surface area contributed by atoms with Crippen molar-refractivity contribution in [2.24, 2.45) is 5.41 Å². The molecule has 0 radical (unpaired) electrons. The molecule has 6 heteroatoms. The summed E-state index contributed by atoms with van der Waals surface area (Å²) in [5.41, 5.74) is -0.683. The molecule has 5 nitrogen and oxygen atoms in total. The van der Waals surface area contributed by atoms with Crippen LogP contribution in [0.1, 0.15) is 25.8 Å². The lowest BCUT2D eigenvalue weighted by atomic mass is 9.89. The SMILES string of the molecule is CC(C)(CC1=Cc2ccc(O)cc2S1(=O)=O)C(=O)O. The first kappa shape index (κ1) is 13.6. The summed E-state index contributed by atoms with van der Waals surface area (Å²) in [7, 11) is -3.70. The van der Waals surface area contributed by atoms with Gasteiger partial charge < -0.3 is 10.2 Å². The average molecular weight is 282 g/mol. The van der Waals surface area contributed by atoms with Gasteiger partial charge in [0, 0.05) is 0 Å². The number of carbonyl (C=O) groups is 1. The van der Waals surface area contributed by atoms with Gasteiger partial charge in [-0.2, -0.15) is 0 Å². The van der Waals surface area contributed by atoms with Crippen molar-refractivity contribution in [3.63, 3.8) is 0 Å². The minimum absolute atomic E-state index is 0.0312. The van der Waals surface area contributed by atoms with E-state index in [2.05, 4.69) is 0 Å². The molecule has 0 spiro atoms. The second kappa shape index (κ2) is 4.09. The van der Waals surface area contributed by atoms with E-state index in [0.29, 0.717) is 5.56 Å². The van der Waals surface area contributed by atoms with Gasteiger partial charge >= 0.3 is 5.97 Å². The van der Waals surface area contributed by atoms with Gasteiger partial charge in [-0.05, 0) is 50.1 Å². The maximum Gasteiger partial charge on any atom is 0.309 e. The lowest BCUT2D eigenvalue weighted by molar-refractivity contribution is -0.146. The van der Waals surface area contributed by atoms with Gasteiger partial charge in [-0.1, -0.05) is 0 Å². The Hall–Kier alpha value is -1.82. The second-order valence-electron chi connectivity index (χ2n) is 5.20. The molecule has 1 aromatic carbocycles. The van der Waals surface area contributed by atoms with E-state index in [-0.39, 0.29) is 22.0 Å². The van der Waals surface area contributed by atoms with Crippen molar-refractivity contribution in [3.8, 4) is 5.75 Å². The van der Waals surface area contributed by atoms with Gasteiger partial charge in [0.15, 0.2) is 0 Å². The normalized spacial score (nSPS) is 16.8. The van der Waals surface area contributed by atoms with E-state index in [4.69, 9.17) is 5.11 Å². The number of carboxylic acid groups (broad SMARTS) is 1. The van der Waals surface area contributed by atoms with Crippen LogP contribution in [0.25, 0.3) is 6.08 Å². The van der Waals surface area contributed by atoms with E-state index < -0.39 is 21.2 Å². The zero-order chi connectivity index (χ0) is 14.4. The van der Waals surface area contributed by atoms with Crippen molar-refractivity contribution in [2.75, 3.05) is 0 Å². The third kappa shape index (κ3) is 2.23. The number of fused-ring (bicyclic) bond motifs is 1. The molecular formula is C13H14O5S. The van der Waals surface area contributed by atoms with Crippen LogP contribution in [-0.4, -0.2) is 24.6 Å². The third-order valence-corrected chi connectivity index (χ3v) is 5.03. The number of aromatic hydroxyl groups is 1. The molecule has 0 amide bonds. The van der Waals surface area contributed by atoms with E-state index in [9.17, 15) is 18.3 Å². The van der Waals surface area contributed by atoms with Crippen LogP contribution in [0.5, 0.6) is 5.75 Å². The summed E-state index contributed by atoms with van der Waals surface area (Å²) in [6.07, 6.45) is 1.38. The smallest absolute Gasteiger partial charge is 0.309 e. The van der Waals surface area contributed by atoms with E-state index in [1.165, 1.54) is 38.1 Å². The Balaban J connectivity index is 2.45. The van der Waals surface area contributed by atoms with Crippen molar-refractivity contribution >= 4 is 21.9 Å². The summed E-state index contributed by atoms with van der Waals surface area (Å²) in [5.74, 6) is -1.18. The van der Waals surface area contributed by atoms with Crippen molar-refractivity contribution in [1.82, 2.24) is 0 Å². The molecule has 0 aromatic heterocycles. The molecule has 0 aliphatic carbocycles. The molecular weight excluding hydrogens is 268 g/mol. The first-order valence-electron chi connectivity index (χ1n) is 5.67. The summed E-state index contributed by atoms with van der Waals surface area (Å²) in [6.45, 7) is 2.96. The number of hydrogen-bond acceptors (Lipinski definition) is 4. The number of benzene rings is 1.